The topological polar surface area (TPSA) is 38.3 Å². The van der Waals surface area contributed by atoms with Crippen molar-refractivity contribution in [2.24, 2.45) is 0 Å². The maximum Gasteiger partial charge on any atom is 0.260 e. The number of carbonyl (C=O) groups excluding carboxylic acids is 1. The van der Waals surface area contributed by atoms with E-state index in [1.807, 2.05) is 32.0 Å². The van der Waals surface area contributed by atoms with Crippen LogP contribution in [-0.2, 0) is 4.79 Å². The molecule has 106 valence electrons. The molecule has 0 bridgehead atoms. The molecule has 0 radical (unpaired) electrons. The molecule has 2 atom stereocenters. The van der Waals surface area contributed by atoms with Crippen LogP contribution in [0, 0.1) is 13.8 Å². The standard InChI is InChI=1S/C16H25NO2/c1-6-7-13(4)17-16(18)14(5)19-15-9-8-11(2)12(3)10-15/h8-10,13-14H,6-7H2,1-5H3,(H,17,18)/t13-,14+/m0/s1. The van der Waals surface area contributed by atoms with Gasteiger partial charge in [-0.3, -0.25) is 4.79 Å². The predicted molar refractivity (Wildman–Crippen MR) is 78.5 cm³/mol. The quantitative estimate of drug-likeness (QED) is 0.854. The third-order valence-electron chi connectivity index (χ3n) is 3.27. The van der Waals surface area contributed by atoms with Gasteiger partial charge in [-0.25, -0.2) is 0 Å². The summed E-state index contributed by atoms with van der Waals surface area (Å²) >= 11 is 0. The van der Waals surface area contributed by atoms with E-state index in [2.05, 4.69) is 19.2 Å². The molecule has 3 nitrogen and oxygen atoms in total. The highest BCUT2D eigenvalue weighted by atomic mass is 16.5. The first-order valence-electron chi connectivity index (χ1n) is 6.98. The molecule has 1 amide bonds. The normalized spacial score (nSPS) is 13.7. The highest BCUT2D eigenvalue weighted by Crippen LogP contribution is 2.17. The number of rotatable bonds is 6. The lowest BCUT2D eigenvalue weighted by Crippen LogP contribution is -2.41. The SMILES string of the molecule is CCC[C@H](C)NC(=O)[C@@H](C)Oc1ccc(C)c(C)c1. The van der Waals surface area contributed by atoms with Gasteiger partial charge in [0.2, 0.25) is 0 Å². The molecular formula is C16H25NO2. The second kappa shape index (κ2) is 7.17. The molecule has 3 heteroatoms. The zero-order valence-corrected chi connectivity index (χ0v) is 12.6. The zero-order chi connectivity index (χ0) is 14.4. The molecule has 1 aromatic carbocycles. The Morgan fingerprint density at radius 2 is 1.95 bits per heavy atom. The fraction of sp³-hybridized carbons (Fsp3) is 0.562. The Morgan fingerprint density at radius 3 is 2.53 bits per heavy atom. The average Bonchev–Trinajstić information content (AvgIpc) is 2.34. The van der Waals surface area contributed by atoms with Crippen LogP contribution in [0.25, 0.3) is 0 Å². The minimum atomic E-state index is -0.471. The molecule has 0 aliphatic rings. The van der Waals surface area contributed by atoms with Gasteiger partial charge in [-0.2, -0.15) is 0 Å². The summed E-state index contributed by atoms with van der Waals surface area (Å²) in [6.45, 7) is 10.0. The molecule has 0 aliphatic carbocycles. The summed E-state index contributed by atoms with van der Waals surface area (Å²) in [7, 11) is 0. The van der Waals surface area contributed by atoms with Crippen LogP contribution >= 0.6 is 0 Å². The van der Waals surface area contributed by atoms with Crippen LogP contribution in [0.1, 0.15) is 44.7 Å². The molecule has 1 aromatic rings. The predicted octanol–water partition coefficient (Wildman–Crippen LogP) is 3.38. The third-order valence-corrected chi connectivity index (χ3v) is 3.27. The lowest BCUT2D eigenvalue weighted by atomic mass is 10.1. The number of amides is 1. The largest absolute Gasteiger partial charge is 0.481 e. The Hall–Kier alpha value is -1.51. The summed E-state index contributed by atoms with van der Waals surface area (Å²) in [6, 6.07) is 6.08. The second-order valence-electron chi connectivity index (χ2n) is 5.20. The van der Waals surface area contributed by atoms with Gasteiger partial charge < -0.3 is 10.1 Å². The van der Waals surface area contributed by atoms with E-state index >= 15 is 0 Å². The Bertz CT molecular complexity index is 429. The summed E-state index contributed by atoms with van der Waals surface area (Å²) in [5, 5.41) is 2.96. The lowest BCUT2D eigenvalue weighted by molar-refractivity contribution is -0.127. The molecule has 0 aliphatic heterocycles. The van der Waals surface area contributed by atoms with Crippen molar-refractivity contribution in [3.05, 3.63) is 29.3 Å². The zero-order valence-electron chi connectivity index (χ0n) is 12.6. The van der Waals surface area contributed by atoms with E-state index in [0.29, 0.717) is 0 Å². The van der Waals surface area contributed by atoms with Gasteiger partial charge in [-0.1, -0.05) is 19.4 Å². The maximum atomic E-state index is 11.9. The molecule has 0 spiro atoms. The molecule has 0 fully saturated rings. The minimum Gasteiger partial charge on any atom is -0.481 e. The Kier molecular flexibility index (Phi) is 5.87. The minimum absolute atomic E-state index is 0.0563. The molecule has 0 heterocycles. The highest BCUT2D eigenvalue weighted by Gasteiger charge is 2.16. The number of nitrogens with one attached hydrogen (secondary N) is 1. The Morgan fingerprint density at radius 1 is 1.26 bits per heavy atom. The molecule has 0 aromatic heterocycles. The maximum absolute atomic E-state index is 11.9. The number of ether oxygens (including phenoxy) is 1. The molecule has 0 saturated heterocycles. The number of aryl methyl sites for hydroxylation is 2. The first kappa shape index (κ1) is 15.5. The van der Waals surface area contributed by atoms with Gasteiger partial charge >= 0.3 is 0 Å². The van der Waals surface area contributed by atoms with Crippen molar-refractivity contribution in [1.29, 1.82) is 0 Å². The molecular weight excluding hydrogens is 238 g/mol. The molecule has 0 unspecified atom stereocenters. The monoisotopic (exact) mass is 263 g/mol. The van der Waals surface area contributed by atoms with E-state index in [4.69, 9.17) is 4.74 Å². The lowest BCUT2D eigenvalue weighted by Gasteiger charge is -2.18. The summed E-state index contributed by atoms with van der Waals surface area (Å²) in [5.41, 5.74) is 2.39. The summed E-state index contributed by atoms with van der Waals surface area (Å²) < 4.78 is 5.68. The van der Waals surface area contributed by atoms with Crippen LogP contribution in [0.3, 0.4) is 0 Å². The van der Waals surface area contributed by atoms with Crippen LogP contribution in [-0.4, -0.2) is 18.1 Å². The van der Waals surface area contributed by atoms with Crippen molar-refractivity contribution in [3.63, 3.8) is 0 Å². The van der Waals surface area contributed by atoms with E-state index in [-0.39, 0.29) is 11.9 Å². The van der Waals surface area contributed by atoms with E-state index in [0.717, 1.165) is 18.6 Å². The Balaban J connectivity index is 2.56. The van der Waals surface area contributed by atoms with Crippen molar-refractivity contribution >= 4 is 5.91 Å². The van der Waals surface area contributed by atoms with E-state index < -0.39 is 6.10 Å². The van der Waals surface area contributed by atoms with Gasteiger partial charge in [0, 0.05) is 6.04 Å². The van der Waals surface area contributed by atoms with Crippen LogP contribution in [0.15, 0.2) is 18.2 Å². The highest BCUT2D eigenvalue weighted by molar-refractivity contribution is 5.80. The van der Waals surface area contributed by atoms with Gasteiger partial charge in [0.15, 0.2) is 6.10 Å². The van der Waals surface area contributed by atoms with Crippen LogP contribution in [0.2, 0.25) is 0 Å². The van der Waals surface area contributed by atoms with Gasteiger partial charge in [0.05, 0.1) is 0 Å². The Labute approximate surface area is 116 Å². The summed E-state index contributed by atoms with van der Waals surface area (Å²) in [6.07, 6.45) is 1.58. The van der Waals surface area contributed by atoms with Crippen molar-refractivity contribution < 1.29 is 9.53 Å². The molecule has 1 N–H and O–H groups in total. The summed E-state index contributed by atoms with van der Waals surface area (Å²) in [5.74, 6) is 0.688. The third kappa shape index (κ3) is 4.93. The number of hydrogen-bond acceptors (Lipinski definition) is 2. The van der Waals surface area contributed by atoms with Gasteiger partial charge in [-0.05, 0) is 57.4 Å². The van der Waals surface area contributed by atoms with Gasteiger partial charge in [-0.15, -0.1) is 0 Å². The first-order chi connectivity index (χ1) is 8.93. The van der Waals surface area contributed by atoms with Gasteiger partial charge in [0.25, 0.3) is 5.91 Å². The smallest absolute Gasteiger partial charge is 0.260 e. The first-order valence-corrected chi connectivity index (χ1v) is 6.98. The number of hydrogen-bond donors (Lipinski definition) is 1. The van der Waals surface area contributed by atoms with Crippen molar-refractivity contribution in [2.75, 3.05) is 0 Å². The molecule has 19 heavy (non-hydrogen) atoms. The van der Waals surface area contributed by atoms with Crippen LogP contribution in [0.5, 0.6) is 5.75 Å². The van der Waals surface area contributed by atoms with E-state index in [1.54, 1.807) is 6.92 Å². The fourth-order valence-corrected chi connectivity index (χ4v) is 1.91. The summed E-state index contributed by atoms with van der Waals surface area (Å²) in [4.78, 5) is 11.9. The second-order valence-corrected chi connectivity index (χ2v) is 5.20. The number of carbonyl (C=O) groups is 1. The molecule has 0 saturated carbocycles. The molecule has 1 rings (SSSR count). The van der Waals surface area contributed by atoms with Crippen molar-refractivity contribution in [1.82, 2.24) is 5.32 Å². The van der Waals surface area contributed by atoms with Crippen molar-refractivity contribution in [2.45, 2.75) is 59.6 Å². The van der Waals surface area contributed by atoms with Crippen LogP contribution in [0.4, 0.5) is 0 Å². The average molecular weight is 263 g/mol. The van der Waals surface area contributed by atoms with Gasteiger partial charge in [0.1, 0.15) is 5.75 Å². The van der Waals surface area contributed by atoms with E-state index in [1.165, 1.54) is 11.1 Å². The van der Waals surface area contributed by atoms with E-state index in [9.17, 15) is 4.79 Å². The van der Waals surface area contributed by atoms with Crippen molar-refractivity contribution in [3.8, 4) is 5.75 Å². The number of benzene rings is 1. The fourth-order valence-electron chi connectivity index (χ4n) is 1.91. The van der Waals surface area contributed by atoms with Crippen LogP contribution < -0.4 is 10.1 Å².